The first-order valence-corrected chi connectivity index (χ1v) is 8.02. The Morgan fingerprint density at radius 1 is 1.26 bits per heavy atom. The lowest BCUT2D eigenvalue weighted by molar-refractivity contribution is 0.457. The van der Waals surface area contributed by atoms with E-state index in [4.69, 9.17) is 5.73 Å². The maximum absolute atomic E-state index is 6.25. The summed E-state index contributed by atoms with van der Waals surface area (Å²) in [7, 11) is 0. The van der Waals surface area contributed by atoms with Crippen LogP contribution in [0, 0.1) is 5.92 Å². The molecule has 2 unspecified atom stereocenters. The Bertz CT molecular complexity index is 564. The van der Waals surface area contributed by atoms with E-state index in [0.717, 1.165) is 21.6 Å². The van der Waals surface area contributed by atoms with Gasteiger partial charge in [-0.3, -0.25) is 0 Å². The number of fused-ring (bicyclic) bond motifs is 1. The number of nitrogens with two attached hydrogens (primary N) is 1. The van der Waals surface area contributed by atoms with Gasteiger partial charge in [0.2, 0.25) is 0 Å². The molecule has 102 valence electrons. The van der Waals surface area contributed by atoms with E-state index >= 15 is 0 Å². The van der Waals surface area contributed by atoms with Crippen molar-refractivity contribution in [2.45, 2.75) is 45.1 Å². The zero-order valence-corrected chi connectivity index (χ0v) is 12.2. The minimum absolute atomic E-state index is 0.542. The molecule has 3 nitrogen and oxygen atoms in total. The van der Waals surface area contributed by atoms with Crippen LogP contribution in [0.4, 0.5) is 11.4 Å². The third-order valence-electron chi connectivity index (χ3n) is 4.24. The third-order valence-corrected chi connectivity index (χ3v) is 5.04. The van der Waals surface area contributed by atoms with Crippen LogP contribution in [0.2, 0.25) is 0 Å². The molecule has 0 bridgehead atoms. The number of benzene rings is 1. The Morgan fingerprint density at radius 3 is 3.00 bits per heavy atom. The summed E-state index contributed by atoms with van der Waals surface area (Å²) in [6, 6.07) is 4.77. The highest BCUT2D eigenvalue weighted by Gasteiger charge is 2.20. The highest BCUT2D eigenvalue weighted by atomic mass is 32.1. The molecule has 19 heavy (non-hydrogen) atoms. The van der Waals surface area contributed by atoms with E-state index in [1.807, 2.05) is 5.51 Å². The van der Waals surface area contributed by atoms with E-state index in [0.29, 0.717) is 12.0 Å². The maximum atomic E-state index is 6.25. The SMILES string of the molecule is CC1CCCCCC1Nc1ccc2scnc2c1N. The monoisotopic (exact) mass is 275 g/mol. The van der Waals surface area contributed by atoms with E-state index in [9.17, 15) is 0 Å². The molecule has 3 rings (SSSR count). The summed E-state index contributed by atoms with van der Waals surface area (Å²) in [4.78, 5) is 4.36. The summed E-state index contributed by atoms with van der Waals surface area (Å²) < 4.78 is 1.16. The fourth-order valence-electron chi connectivity index (χ4n) is 2.99. The van der Waals surface area contributed by atoms with Crippen molar-refractivity contribution in [2.75, 3.05) is 11.1 Å². The summed E-state index contributed by atoms with van der Waals surface area (Å²) in [5.74, 6) is 0.716. The van der Waals surface area contributed by atoms with Gasteiger partial charge < -0.3 is 11.1 Å². The standard InChI is InChI=1S/C15H21N3S/c1-10-5-3-2-4-6-11(10)18-12-7-8-13-15(14(12)16)17-9-19-13/h7-11,18H,2-6,16H2,1H3. The predicted octanol–water partition coefficient (Wildman–Crippen LogP) is 4.26. The first-order valence-electron chi connectivity index (χ1n) is 7.14. The second-order valence-corrected chi connectivity index (χ2v) is 6.48. The van der Waals surface area contributed by atoms with Crippen LogP contribution in [-0.2, 0) is 0 Å². The minimum atomic E-state index is 0.542. The average molecular weight is 275 g/mol. The highest BCUT2D eigenvalue weighted by Crippen LogP contribution is 2.33. The van der Waals surface area contributed by atoms with Crippen LogP contribution in [0.15, 0.2) is 17.6 Å². The van der Waals surface area contributed by atoms with Gasteiger partial charge in [-0.1, -0.05) is 26.2 Å². The lowest BCUT2D eigenvalue weighted by Gasteiger charge is -2.24. The van der Waals surface area contributed by atoms with Crippen LogP contribution in [0.5, 0.6) is 0 Å². The predicted molar refractivity (Wildman–Crippen MR) is 83.7 cm³/mol. The van der Waals surface area contributed by atoms with Crippen molar-refractivity contribution in [3.8, 4) is 0 Å². The van der Waals surface area contributed by atoms with Gasteiger partial charge in [-0.2, -0.15) is 0 Å². The molecule has 2 atom stereocenters. The second kappa shape index (κ2) is 5.37. The van der Waals surface area contributed by atoms with Crippen molar-refractivity contribution in [1.82, 2.24) is 4.98 Å². The van der Waals surface area contributed by atoms with Gasteiger partial charge >= 0.3 is 0 Å². The lowest BCUT2D eigenvalue weighted by atomic mass is 9.96. The first-order chi connectivity index (χ1) is 9.25. The molecule has 0 radical (unpaired) electrons. The average Bonchev–Trinajstić information content (AvgIpc) is 2.80. The highest BCUT2D eigenvalue weighted by molar-refractivity contribution is 7.16. The van der Waals surface area contributed by atoms with E-state index in [1.54, 1.807) is 11.3 Å². The normalized spacial score (nSPS) is 24.3. The number of nitrogens with one attached hydrogen (secondary N) is 1. The van der Waals surface area contributed by atoms with Crippen molar-refractivity contribution in [3.63, 3.8) is 0 Å². The molecular weight excluding hydrogens is 254 g/mol. The molecule has 3 N–H and O–H groups in total. The first kappa shape index (κ1) is 12.7. The second-order valence-electron chi connectivity index (χ2n) is 5.59. The van der Waals surface area contributed by atoms with E-state index in [2.05, 4.69) is 29.4 Å². The smallest absolute Gasteiger partial charge is 0.106 e. The molecule has 1 saturated carbocycles. The fraction of sp³-hybridized carbons (Fsp3) is 0.533. The molecule has 1 heterocycles. The molecule has 0 aliphatic heterocycles. The Kier molecular flexibility index (Phi) is 3.60. The van der Waals surface area contributed by atoms with Crippen LogP contribution < -0.4 is 11.1 Å². The molecule has 1 aliphatic carbocycles. The molecular formula is C15H21N3S. The van der Waals surface area contributed by atoms with Crippen LogP contribution in [0.3, 0.4) is 0 Å². The molecule has 0 amide bonds. The number of nitrogens with zero attached hydrogens (tertiary/aromatic N) is 1. The summed E-state index contributed by atoms with van der Waals surface area (Å²) in [5, 5.41) is 3.66. The number of rotatable bonds is 2. The van der Waals surface area contributed by atoms with Crippen LogP contribution in [0.1, 0.15) is 39.0 Å². The number of aromatic nitrogens is 1. The number of hydrogen-bond acceptors (Lipinski definition) is 4. The number of thiazole rings is 1. The van der Waals surface area contributed by atoms with Gasteiger partial charge in [-0.15, -0.1) is 11.3 Å². The van der Waals surface area contributed by atoms with Gasteiger partial charge in [0.15, 0.2) is 0 Å². The Labute approximate surface area is 118 Å². The largest absolute Gasteiger partial charge is 0.395 e. The van der Waals surface area contributed by atoms with Crippen molar-refractivity contribution in [3.05, 3.63) is 17.6 Å². The molecule has 2 aromatic rings. The van der Waals surface area contributed by atoms with E-state index in [1.165, 1.54) is 32.1 Å². The van der Waals surface area contributed by atoms with Gasteiger partial charge in [0, 0.05) is 6.04 Å². The number of hydrogen-bond donors (Lipinski definition) is 2. The Morgan fingerprint density at radius 2 is 2.11 bits per heavy atom. The summed E-state index contributed by atoms with van der Waals surface area (Å²) in [6.45, 7) is 2.35. The maximum Gasteiger partial charge on any atom is 0.106 e. The Hall–Kier alpha value is -1.29. The molecule has 0 spiro atoms. The number of nitrogen functional groups attached to an aromatic ring is 1. The molecule has 1 aromatic carbocycles. The zero-order chi connectivity index (χ0) is 13.2. The van der Waals surface area contributed by atoms with Gasteiger partial charge in [0.25, 0.3) is 0 Å². The molecule has 1 aromatic heterocycles. The summed E-state index contributed by atoms with van der Waals surface area (Å²) >= 11 is 1.64. The van der Waals surface area contributed by atoms with Crippen LogP contribution in [-0.4, -0.2) is 11.0 Å². The summed E-state index contributed by atoms with van der Waals surface area (Å²) in [5.41, 5.74) is 10.9. The van der Waals surface area contributed by atoms with Gasteiger partial charge in [0.1, 0.15) is 5.52 Å². The molecule has 0 saturated heterocycles. The lowest BCUT2D eigenvalue weighted by Crippen LogP contribution is -2.26. The van der Waals surface area contributed by atoms with Gasteiger partial charge in [-0.25, -0.2) is 4.98 Å². The van der Waals surface area contributed by atoms with E-state index < -0.39 is 0 Å². The van der Waals surface area contributed by atoms with Crippen molar-refractivity contribution in [2.24, 2.45) is 5.92 Å². The Balaban J connectivity index is 1.85. The summed E-state index contributed by atoms with van der Waals surface area (Å²) in [6.07, 6.45) is 6.61. The minimum Gasteiger partial charge on any atom is -0.395 e. The van der Waals surface area contributed by atoms with Gasteiger partial charge in [-0.05, 0) is 30.9 Å². The van der Waals surface area contributed by atoms with Crippen LogP contribution >= 0.6 is 11.3 Å². The molecule has 4 heteroatoms. The zero-order valence-electron chi connectivity index (χ0n) is 11.4. The topological polar surface area (TPSA) is 50.9 Å². The van der Waals surface area contributed by atoms with E-state index in [-0.39, 0.29) is 0 Å². The molecule has 1 fully saturated rings. The van der Waals surface area contributed by atoms with Gasteiger partial charge in [0.05, 0.1) is 21.6 Å². The fourth-order valence-corrected chi connectivity index (χ4v) is 3.68. The molecule has 1 aliphatic rings. The van der Waals surface area contributed by atoms with Crippen LogP contribution in [0.25, 0.3) is 10.2 Å². The quantitative estimate of drug-likeness (QED) is 0.636. The third kappa shape index (κ3) is 2.54. The van der Waals surface area contributed by atoms with Crippen molar-refractivity contribution >= 4 is 32.9 Å². The van der Waals surface area contributed by atoms with Crippen molar-refractivity contribution < 1.29 is 0 Å². The van der Waals surface area contributed by atoms with Crippen molar-refractivity contribution in [1.29, 1.82) is 0 Å². The number of anilines is 2.